The molecule has 0 aliphatic carbocycles. The highest BCUT2D eigenvalue weighted by Crippen LogP contribution is 2.24. The Morgan fingerprint density at radius 1 is 1.44 bits per heavy atom. The molecule has 4 nitrogen and oxygen atoms in total. The fourth-order valence-corrected chi connectivity index (χ4v) is 1.85. The Morgan fingerprint density at radius 3 is 2.88 bits per heavy atom. The lowest BCUT2D eigenvalue weighted by Gasteiger charge is -2.09. The molecule has 0 bridgehead atoms. The Morgan fingerprint density at radius 2 is 2.19 bits per heavy atom. The summed E-state index contributed by atoms with van der Waals surface area (Å²) in [4.78, 5) is 0. The van der Waals surface area contributed by atoms with E-state index in [1.165, 1.54) is 0 Å². The Kier molecular flexibility index (Phi) is 2.85. The molecule has 1 aromatic carbocycles. The molecular weight excluding hydrogens is 206 g/mol. The maximum atomic E-state index is 9.78. The number of methoxy groups -OCH3 is 1. The first-order valence-corrected chi connectivity index (χ1v) is 5.11. The van der Waals surface area contributed by atoms with Crippen LogP contribution in [-0.4, -0.2) is 28.8 Å². The van der Waals surface area contributed by atoms with Crippen molar-refractivity contribution in [2.45, 2.75) is 13.0 Å². The lowest BCUT2D eigenvalue weighted by Crippen LogP contribution is -2.04. The third kappa shape index (κ3) is 1.77. The molecule has 86 valence electrons. The molecular formula is C12H15NO3. The number of aromatic nitrogens is 1. The predicted molar refractivity (Wildman–Crippen MR) is 60.7 cm³/mol. The lowest BCUT2D eigenvalue weighted by atomic mass is 10.1. The summed E-state index contributed by atoms with van der Waals surface area (Å²) in [6, 6.07) is 5.45. The van der Waals surface area contributed by atoms with Gasteiger partial charge in [0.15, 0.2) is 0 Å². The highest BCUT2D eigenvalue weighted by Gasteiger charge is 2.10. The zero-order valence-corrected chi connectivity index (χ0v) is 9.34. The summed E-state index contributed by atoms with van der Waals surface area (Å²) in [5.74, 6) is 0. The van der Waals surface area contributed by atoms with E-state index in [9.17, 15) is 10.3 Å². The minimum Gasteiger partial charge on any atom is -0.428 e. The van der Waals surface area contributed by atoms with Crippen LogP contribution in [0.15, 0.2) is 24.4 Å². The van der Waals surface area contributed by atoms with E-state index in [2.05, 4.69) is 0 Å². The molecule has 0 aliphatic rings. The van der Waals surface area contributed by atoms with E-state index < -0.39 is 6.10 Å². The number of aryl methyl sites for hydroxylation is 1. The molecule has 0 fully saturated rings. The van der Waals surface area contributed by atoms with Crippen molar-refractivity contribution < 1.29 is 15.1 Å². The van der Waals surface area contributed by atoms with E-state index in [0.717, 1.165) is 26.8 Å². The fourth-order valence-electron chi connectivity index (χ4n) is 1.85. The molecule has 0 amide bonds. The quantitative estimate of drug-likeness (QED) is 0.778. The fraction of sp³-hybridized carbons (Fsp3) is 0.333. The number of rotatable bonds is 3. The Bertz CT molecular complexity index is 504. The summed E-state index contributed by atoms with van der Waals surface area (Å²) in [7, 11) is 1.55. The van der Waals surface area contributed by atoms with Crippen molar-refractivity contribution in [1.82, 2.24) is 4.73 Å². The van der Waals surface area contributed by atoms with Crippen LogP contribution >= 0.6 is 0 Å². The second-order valence-corrected chi connectivity index (χ2v) is 3.90. The number of ether oxygens (including phenoxy) is 1. The van der Waals surface area contributed by atoms with Gasteiger partial charge in [-0.2, -0.15) is 4.73 Å². The van der Waals surface area contributed by atoms with Crippen LogP contribution in [0.3, 0.4) is 0 Å². The second kappa shape index (κ2) is 4.15. The summed E-state index contributed by atoms with van der Waals surface area (Å²) in [5.41, 5.74) is 2.51. The standard InChI is InChI=1S/C12H15NO3/c1-8-6-13(15)11-4-3-9(5-10(8)11)12(14)7-16-2/h3-6,12,14-15H,7H2,1-2H3. The highest BCUT2D eigenvalue weighted by atomic mass is 16.5. The van der Waals surface area contributed by atoms with Crippen LogP contribution < -0.4 is 0 Å². The predicted octanol–water partition coefficient (Wildman–Crippen LogP) is 1.87. The van der Waals surface area contributed by atoms with Gasteiger partial charge >= 0.3 is 0 Å². The van der Waals surface area contributed by atoms with Crippen molar-refractivity contribution in [2.75, 3.05) is 13.7 Å². The van der Waals surface area contributed by atoms with Gasteiger partial charge in [0.25, 0.3) is 0 Å². The molecule has 2 aromatic rings. The number of hydrogen-bond acceptors (Lipinski definition) is 3. The van der Waals surface area contributed by atoms with E-state index >= 15 is 0 Å². The van der Waals surface area contributed by atoms with Crippen LogP contribution in [-0.2, 0) is 4.74 Å². The molecule has 0 spiro atoms. The third-order valence-electron chi connectivity index (χ3n) is 2.72. The molecule has 1 atom stereocenters. The average molecular weight is 221 g/mol. The van der Waals surface area contributed by atoms with E-state index in [1.54, 1.807) is 25.4 Å². The number of hydrogen-bond donors (Lipinski definition) is 2. The molecule has 0 saturated carbocycles. The van der Waals surface area contributed by atoms with Gasteiger partial charge in [0.2, 0.25) is 0 Å². The summed E-state index contributed by atoms with van der Waals surface area (Å²) >= 11 is 0. The van der Waals surface area contributed by atoms with Crippen LogP contribution in [0.5, 0.6) is 0 Å². The zero-order valence-electron chi connectivity index (χ0n) is 9.34. The topological polar surface area (TPSA) is 54.6 Å². The molecule has 0 aliphatic heterocycles. The Labute approximate surface area is 93.6 Å². The smallest absolute Gasteiger partial charge is 0.102 e. The third-order valence-corrected chi connectivity index (χ3v) is 2.72. The summed E-state index contributed by atoms with van der Waals surface area (Å²) in [6.45, 7) is 2.19. The van der Waals surface area contributed by atoms with Crippen LogP contribution in [0.4, 0.5) is 0 Å². The SMILES string of the molecule is COCC(O)c1ccc2c(c1)c(C)cn2O. The zero-order chi connectivity index (χ0) is 11.7. The maximum absolute atomic E-state index is 9.78. The number of benzene rings is 1. The summed E-state index contributed by atoms with van der Waals surface area (Å²) in [6.07, 6.45) is 1.02. The minimum atomic E-state index is -0.629. The van der Waals surface area contributed by atoms with Crippen molar-refractivity contribution in [2.24, 2.45) is 0 Å². The molecule has 0 radical (unpaired) electrons. The van der Waals surface area contributed by atoms with E-state index in [1.807, 2.05) is 13.0 Å². The average Bonchev–Trinajstić information content (AvgIpc) is 2.55. The first-order valence-electron chi connectivity index (χ1n) is 5.11. The Balaban J connectivity index is 2.47. The van der Waals surface area contributed by atoms with E-state index in [-0.39, 0.29) is 6.61 Å². The van der Waals surface area contributed by atoms with Gasteiger partial charge in [-0.3, -0.25) is 0 Å². The van der Waals surface area contributed by atoms with Crippen LogP contribution in [0.1, 0.15) is 17.2 Å². The van der Waals surface area contributed by atoms with Crippen LogP contribution in [0.25, 0.3) is 10.9 Å². The van der Waals surface area contributed by atoms with E-state index in [0.29, 0.717) is 0 Å². The van der Waals surface area contributed by atoms with Gasteiger partial charge in [-0.1, -0.05) is 6.07 Å². The van der Waals surface area contributed by atoms with Gasteiger partial charge in [0, 0.05) is 18.7 Å². The van der Waals surface area contributed by atoms with Crippen LogP contribution in [0.2, 0.25) is 0 Å². The normalized spacial score (nSPS) is 13.2. The van der Waals surface area contributed by atoms with Crippen molar-refractivity contribution in [3.63, 3.8) is 0 Å². The van der Waals surface area contributed by atoms with E-state index in [4.69, 9.17) is 4.74 Å². The van der Waals surface area contributed by atoms with Gasteiger partial charge in [-0.05, 0) is 30.2 Å². The van der Waals surface area contributed by atoms with Gasteiger partial charge in [0.1, 0.15) is 6.10 Å². The molecule has 2 N–H and O–H groups in total. The number of aliphatic hydroxyl groups excluding tert-OH is 1. The largest absolute Gasteiger partial charge is 0.428 e. The van der Waals surface area contributed by atoms with Gasteiger partial charge < -0.3 is 15.1 Å². The maximum Gasteiger partial charge on any atom is 0.102 e. The first-order chi connectivity index (χ1) is 7.63. The second-order valence-electron chi connectivity index (χ2n) is 3.90. The molecule has 2 rings (SSSR count). The molecule has 1 aromatic heterocycles. The van der Waals surface area contributed by atoms with Gasteiger partial charge in [-0.25, -0.2) is 0 Å². The Hall–Kier alpha value is -1.52. The first kappa shape index (κ1) is 11.0. The van der Waals surface area contributed by atoms with Crippen molar-refractivity contribution in [1.29, 1.82) is 0 Å². The minimum absolute atomic E-state index is 0.268. The van der Waals surface area contributed by atoms with Crippen molar-refractivity contribution in [3.8, 4) is 0 Å². The lowest BCUT2D eigenvalue weighted by molar-refractivity contribution is 0.0645. The summed E-state index contributed by atoms with van der Waals surface area (Å²) < 4.78 is 6.00. The number of nitrogens with zero attached hydrogens (tertiary/aromatic N) is 1. The number of fused-ring (bicyclic) bond motifs is 1. The monoisotopic (exact) mass is 221 g/mol. The number of aliphatic hydroxyl groups is 1. The van der Waals surface area contributed by atoms with Crippen molar-refractivity contribution in [3.05, 3.63) is 35.5 Å². The molecule has 0 saturated heterocycles. The highest BCUT2D eigenvalue weighted by molar-refractivity contribution is 5.84. The van der Waals surface area contributed by atoms with Gasteiger partial charge in [0.05, 0.1) is 12.1 Å². The summed E-state index contributed by atoms with van der Waals surface area (Å²) in [5, 5.41) is 20.3. The van der Waals surface area contributed by atoms with Crippen LogP contribution in [0, 0.1) is 6.92 Å². The van der Waals surface area contributed by atoms with Gasteiger partial charge in [-0.15, -0.1) is 0 Å². The molecule has 4 heteroatoms. The molecule has 1 unspecified atom stereocenters. The molecule has 16 heavy (non-hydrogen) atoms. The molecule has 1 heterocycles. The van der Waals surface area contributed by atoms with Crippen molar-refractivity contribution >= 4 is 10.9 Å².